The highest BCUT2D eigenvalue weighted by Crippen LogP contribution is 2.22. The van der Waals surface area contributed by atoms with E-state index in [0.717, 1.165) is 38.3 Å². The van der Waals surface area contributed by atoms with Crippen LogP contribution in [0.4, 0.5) is 5.69 Å². The summed E-state index contributed by atoms with van der Waals surface area (Å²) in [7, 11) is 0. The van der Waals surface area contributed by atoms with E-state index in [1.165, 1.54) is 11.3 Å². The lowest BCUT2D eigenvalue weighted by atomic mass is 10.1. The van der Waals surface area contributed by atoms with Gasteiger partial charge in [0.05, 0.1) is 5.56 Å². The Kier molecular flexibility index (Phi) is 6.08. The van der Waals surface area contributed by atoms with Crippen molar-refractivity contribution in [2.75, 3.05) is 31.1 Å². The van der Waals surface area contributed by atoms with E-state index in [4.69, 9.17) is 5.11 Å². The molecule has 27 heavy (non-hydrogen) atoms. The lowest BCUT2D eigenvalue weighted by Gasteiger charge is -2.36. The summed E-state index contributed by atoms with van der Waals surface area (Å²) in [6, 6.07) is 15.3. The maximum absolute atomic E-state index is 11.5. The van der Waals surface area contributed by atoms with Crippen molar-refractivity contribution in [2.45, 2.75) is 20.0 Å². The van der Waals surface area contributed by atoms with Crippen molar-refractivity contribution in [3.8, 4) is 0 Å². The first-order valence-electron chi connectivity index (χ1n) is 9.16. The van der Waals surface area contributed by atoms with Crippen molar-refractivity contribution in [1.82, 2.24) is 10.2 Å². The maximum atomic E-state index is 11.5. The van der Waals surface area contributed by atoms with Gasteiger partial charge in [0.15, 0.2) is 0 Å². The average molecular weight is 367 g/mol. The molecule has 1 heterocycles. The quantitative estimate of drug-likeness (QED) is 0.820. The molecule has 0 aliphatic carbocycles. The molecule has 2 aromatic carbocycles. The zero-order valence-corrected chi connectivity index (χ0v) is 15.5. The molecule has 0 radical (unpaired) electrons. The standard InChI is InChI=1S/C21H25N3O3/c1-16(25)23-10-12-24(13-11-23)20-5-3-2-4-19(20)15-22-14-17-6-8-18(9-7-17)21(26)27/h2-9,22H,10-15H2,1H3,(H,26,27). The summed E-state index contributed by atoms with van der Waals surface area (Å²) in [5, 5.41) is 12.4. The lowest BCUT2D eigenvalue weighted by molar-refractivity contribution is -0.129. The zero-order valence-electron chi connectivity index (χ0n) is 15.5. The molecule has 2 aromatic rings. The molecule has 3 rings (SSSR count). The molecule has 142 valence electrons. The topological polar surface area (TPSA) is 72.9 Å². The molecular formula is C21H25N3O3. The average Bonchev–Trinajstić information content (AvgIpc) is 2.69. The molecule has 6 nitrogen and oxygen atoms in total. The number of nitrogens with zero attached hydrogens (tertiary/aromatic N) is 2. The minimum atomic E-state index is -0.909. The van der Waals surface area contributed by atoms with Crippen LogP contribution in [0.15, 0.2) is 48.5 Å². The highest BCUT2D eigenvalue weighted by atomic mass is 16.4. The van der Waals surface area contributed by atoms with Gasteiger partial charge in [0.25, 0.3) is 0 Å². The Labute approximate surface area is 159 Å². The summed E-state index contributed by atoms with van der Waals surface area (Å²) in [6.07, 6.45) is 0. The van der Waals surface area contributed by atoms with Crippen LogP contribution in [0.25, 0.3) is 0 Å². The van der Waals surface area contributed by atoms with E-state index < -0.39 is 5.97 Å². The molecular weight excluding hydrogens is 342 g/mol. The van der Waals surface area contributed by atoms with E-state index >= 15 is 0 Å². The molecule has 6 heteroatoms. The SMILES string of the molecule is CC(=O)N1CCN(c2ccccc2CNCc2ccc(C(=O)O)cc2)CC1. The summed E-state index contributed by atoms with van der Waals surface area (Å²) in [5.41, 5.74) is 3.77. The van der Waals surface area contributed by atoms with Crippen molar-refractivity contribution < 1.29 is 14.7 Å². The molecule has 1 aliphatic rings. The van der Waals surface area contributed by atoms with Gasteiger partial charge in [-0.1, -0.05) is 30.3 Å². The first-order valence-corrected chi connectivity index (χ1v) is 9.16. The third-order valence-electron chi connectivity index (χ3n) is 4.90. The fourth-order valence-electron chi connectivity index (χ4n) is 3.34. The number of carbonyl (C=O) groups excluding carboxylic acids is 1. The molecule has 0 spiro atoms. The second-order valence-electron chi connectivity index (χ2n) is 6.73. The molecule has 1 fully saturated rings. The number of rotatable bonds is 6. The van der Waals surface area contributed by atoms with E-state index in [1.807, 2.05) is 29.2 Å². The van der Waals surface area contributed by atoms with Gasteiger partial charge in [0, 0.05) is 51.9 Å². The number of aromatic carboxylic acids is 1. The second kappa shape index (κ2) is 8.68. The van der Waals surface area contributed by atoms with Crippen LogP contribution in [0.2, 0.25) is 0 Å². The summed E-state index contributed by atoms with van der Waals surface area (Å²) in [5.74, 6) is -0.771. The van der Waals surface area contributed by atoms with Crippen LogP contribution in [0.1, 0.15) is 28.4 Å². The van der Waals surface area contributed by atoms with E-state index in [9.17, 15) is 9.59 Å². The zero-order chi connectivity index (χ0) is 19.2. The monoisotopic (exact) mass is 367 g/mol. The first-order chi connectivity index (χ1) is 13.0. The number of anilines is 1. The maximum Gasteiger partial charge on any atom is 0.335 e. The Morgan fingerprint density at radius 3 is 2.26 bits per heavy atom. The second-order valence-corrected chi connectivity index (χ2v) is 6.73. The largest absolute Gasteiger partial charge is 0.478 e. The van der Waals surface area contributed by atoms with E-state index in [-0.39, 0.29) is 5.91 Å². The number of carbonyl (C=O) groups is 2. The van der Waals surface area contributed by atoms with E-state index in [1.54, 1.807) is 19.1 Å². The Morgan fingerprint density at radius 2 is 1.63 bits per heavy atom. The fraction of sp³-hybridized carbons (Fsp3) is 0.333. The van der Waals surface area contributed by atoms with Crippen molar-refractivity contribution in [3.63, 3.8) is 0 Å². The number of hydrogen-bond donors (Lipinski definition) is 2. The van der Waals surface area contributed by atoms with Gasteiger partial charge < -0.3 is 20.2 Å². The number of carboxylic acid groups (broad SMARTS) is 1. The number of hydrogen-bond acceptors (Lipinski definition) is 4. The molecule has 1 aliphatic heterocycles. The molecule has 2 N–H and O–H groups in total. The Hall–Kier alpha value is -2.86. The predicted molar refractivity (Wildman–Crippen MR) is 105 cm³/mol. The Morgan fingerprint density at radius 1 is 0.963 bits per heavy atom. The fourth-order valence-corrected chi connectivity index (χ4v) is 3.34. The minimum Gasteiger partial charge on any atom is -0.478 e. The molecule has 0 atom stereocenters. The van der Waals surface area contributed by atoms with Crippen LogP contribution in [-0.4, -0.2) is 48.1 Å². The van der Waals surface area contributed by atoms with E-state index in [2.05, 4.69) is 22.3 Å². The molecule has 0 unspecified atom stereocenters. The van der Waals surface area contributed by atoms with Gasteiger partial charge in [-0.15, -0.1) is 0 Å². The molecule has 0 saturated carbocycles. The number of amides is 1. The van der Waals surface area contributed by atoms with Crippen LogP contribution < -0.4 is 10.2 Å². The Bertz CT molecular complexity index is 797. The van der Waals surface area contributed by atoms with Crippen LogP contribution in [0.5, 0.6) is 0 Å². The van der Waals surface area contributed by atoms with Gasteiger partial charge in [-0.2, -0.15) is 0 Å². The number of para-hydroxylation sites is 1. The van der Waals surface area contributed by atoms with Gasteiger partial charge in [-0.05, 0) is 29.3 Å². The predicted octanol–water partition coefficient (Wildman–Crippen LogP) is 2.34. The van der Waals surface area contributed by atoms with Gasteiger partial charge in [0.2, 0.25) is 5.91 Å². The van der Waals surface area contributed by atoms with Crippen molar-refractivity contribution >= 4 is 17.6 Å². The lowest BCUT2D eigenvalue weighted by Crippen LogP contribution is -2.48. The first kappa shape index (κ1) is 18.9. The number of piperazine rings is 1. The van der Waals surface area contributed by atoms with Crippen LogP contribution >= 0.6 is 0 Å². The van der Waals surface area contributed by atoms with Gasteiger partial charge in [-0.3, -0.25) is 4.79 Å². The normalized spacial score (nSPS) is 14.3. The summed E-state index contributed by atoms with van der Waals surface area (Å²) >= 11 is 0. The van der Waals surface area contributed by atoms with Crippen molar-refractivity contribution in [2.24, 2.45) is 0 Å². The van der Waals surface area contributed by atoms with Crippen LogP contribution in [0.3, 0.4) is 0 Å². The summed E-state index contributed by atoms with van der Waals surface area (Å²) < 4.78 is 0. The Balaban J connectivity index is 1.58. The highest BCUT2D eigenvalue weighted by Gasteiger charge is 2.20. The minimum absolute atomic E-state index is 0.138. The summed E-state index contributed by atoms with van der Waals surface area (Å²) in [4.78, 5) is 26.6. The van der Waals surface area contributed by atoms with Crippen LogP contribution in [0, 0.1) is 0 Å². The third-order valence-corrected chi connectivity index (χ3v) is 4.90. The van der Waals surface area contributed by atoms with Gasteiger partial charge in [-0.25, -0.2) is 4.79 Å². The van der Waals surface area contributed by atoms with Crippen molar-refractivity contribution in [3.05, 3.63) is 65.2 Å². The van der Waals surface area contributed by atoms with Crippen LogP contribution in [-0.2, 0) is 17.9 Å². The van der Waals surface area contributed by atoms with Crippen molar-refractivity contribution in [1.29, 1.82) is 0 Å². The number of benzene rings is 2. The smallest absolute Gasteiger partial charge is 0.335 e. The molecule has 1 saturated heterocycles. The number of carboxylic acids is 1. The van der Waals surface area contributed by atoms with Gasteiger partial charge >= 0.3 is 5.97 Å². The highest BCUT2D eigenvalue weighted by molar-refractivity contribution is 5.87. The van der Waals surface area contributed by atoms with Gasteiger partial charge in [0.1, 0.15) is 0 Å². The summed E-state index contributed by atoms with van der Waals surface area (Å²) in [6.45, 7) is 6.22. The van der Waals surface area contributed by atoms with E-state index in [0.29, 0.717) is 12.1 Å². The molecule has 0 bridgehead atoms. The number of nitrogens with one attached hydrogen (secondary N) is 1. The third kappa shape index (κ3) is 4.86. The molecule has 0 aromatic heterocycles. The molecule has 1 amide bonds.